The minimum absolute atomic E-state index is 0.157. The highest BCUT2D eigenvalue weighted by molar-refractivity contribution is 5.87. The number of amides is 1. The fourth-order valence-electron chi connectivity index (χ4n) is 3.18. The summed E-state index contributed by atoms with van der Waals surface area (Å²) in [4.78, 5) is 11.9. The predicted molar refractivity (Wildman–Crippen MR) is 98.8 cm³/mol. The lowest BCUT2D eigenvalue weighted by atomic mass is 9.80. The minimum atomic E-state index is -0.755. The lowest BCUT2D eigenvalue weighted by molar-refractivity contribution is -0.122. The maximum absolute atomic E-state index is 11.9. The summed E-state index contributed by atoms with van der Waals surface area (Å²) in [7, 11) is 1.65. The van der Waals surface area contributed by atoms with E-state index in [1.807, 2.05) is 56.3 Å². The van der Waals surface area contributed by atoms with E-state index in [9.17, 15) is 4.79 Å². The van der Waals surface area contributed by atoms with Crippen LogP contribution in [-0.4, -0.2) is 13.0 Å². The van der Waals surface area contributed by atoms with Crippen LogP contribution >= 0.6 is 0 Å². The van der Waals surface area contributed by atoms with E-state index in [1.165, 1.54) is 0 Å². The molecular formula is C21H23NO3. The third-order valence-corrected chi connectivity index (χ3v) is 4.86. The summed E-state index contributed by atoms with van der Waals surface area (Å²) in [6.45, 7) is 7.50. The van der Waals surface area contributed by atoms with E-state index in [2.05, 4.69) is 6.58 Å². The van der Waals surface area contributed by atoms with Crippen LogP contribution in [0.5, 0.6) is 11.5 Å². The number of methoxy groups -OCH3 is 1. The summed E-state index contributed by atoms with van der Waals surface area (Å²) in [6, 6.07) is 11.8. The van der Waals surface area contributed by atoms with Gasteiger partial charge in [0.25, 0.3) is 0 Å². The van der Waals surface area contributed by atoms with Crippen molar-refractivity contribution in [2.75, 3.05) is 7.11 Å². The highest BCUT2D eigenvalue weighted by atomic mass is 16.5. The Kier molecular flexibility index (Phi) is 4.29. The predicted octanol–water partition coefficient (Wildman–Crippen LogP) is 4.13. The van der Waals surface area contributed by atoms with Gasteiger partial charge in [0.2, 0.25) is 5.91 Å². The summed E-state index contributed by atoms with van der Waals surface area (Å²) >= 11 is 0. The van der Waals surface area contributed by atoms with Crippen molar-refractivity contribution in [1.29, 1.82) is 0 Å². The maximum atomic E-state index is 11.9. The summed E-state index contributed by atoms with van der Waals surface area (Å²) < 4.78 is 11.7. The van der Waals surface area contributed by atoms with E-state index in [0.29, 0.717) is 6.42 Å². The molecule has 0 fully saturated rings. The molecule has 2 aromatic carbocycles. The third kappa shape index (κ3) is 2.78. The van der Waals surface area contributed by atoms with Gasteiger partial charge in [0.1, 0.15) is 17.6 Å². The molecule has 25 heavy (non-hydrogen) atoms. The van der Waals surface area contributed by atoms with E-state index in [0.717, 1.165) is 33.8 Å². The van der Waals surface area contributed by atoms with Crippen molar-refractivity contribution in [3.8, 4) is 22.6 Å². The topological polar surface area (TPSA) is 61.6 Å². The Balaban J connectivity index is 2.23. The molecule has 2 aromatic rings. The number of hydrogen-bond acceptors (Lipinski definition) is 3. The molecule has 4 nitrogen and oxygen atoms in total. The van der Waals surface area contributed by atoms with Crippen LogP contribution in [0.4, 0.5) is 0 Å². The molecule has 4 heteroatoms. The number of rotatable bonds is 5. The van der Waals surface area contributed by atoms with Crippen LogP contribution in [0, 0.1) is 0 Å². The Labute approximate surface area is 148 Å². The molecule has 0 radical (unpaired) electrons. The van der Waals surface area contributed by atoms with Crippen LogP contribution in [0.2, 0.25) is 0 Å². The summed E-state index contributed by atoms with van der Waals surface area (Å²) in [6.07, 6.45) is 2.35. The fourth-order valence-corrected chi connectivity index (χ4v) is 3.18. The maximum Gasteiger partial charge on any atom is 0.227 e. The third-order valence-electron chi connectivity index (χ3n) is 4.86. The second-order valence-electron chi connectivity index (χ2n) is 6.76. The van der Waals surface area contributed by atoms with E-state index in [1.54, 1.807) is 7.11 Å². The Morgan fingerprint density at radius 3 is 2.76 bits per heavy atom. The first kappa shape index (κ1) is 17.1. The monoisotopic (exact) mass is 337 g/mol. The number of benzene rings is 2. The molecule has 1 amide bonds. The van der Waals surface area contributed by atoms with Crippen molar-refractivity contribution in [3.63, 3.8) is 0 Å². The average Bonchev–Trinajstić information content (AvgIpc) is 2.60. The molecule has 1 aliphatic heterocycles. The molecule has 0 bridgehead atoms. The SMILES string of the molecule is C=CCC1Oc2cccc(OC)c2-c2ccc(C(C)(C)C(N)=O)cc21. The van der Waals surface area contributed by atoms with Crippen LogP contribution in [0.15, 0.2) is 49.1 Å². The zero-order valence-corrected chi connectivity index (χ0v) is 14.8. The molecule has 0 aliphatic carbocycles. The Morgan fingerprint density at radius 1 is 1.36 bits per heavy atom. The molecule has 1 unspecified atom stereocenters. The fraction of sp³-hybridized carbons (Fsp3) is 0.286. The van der Waals surface area contributed by atoms with Gasteiger partial charge in [0, 0.05) is 12.0 Å². The number of hydrogen-bond donors (Lipinski definition) is 1. The summed E-state index contributed by atoms with van der Waals surface area (Å²) in [5, 5.41) is 0. The zero-order chi connectivity index (χ0) is 18.2. The standard InChI is InChI=1S/C21H23NO3/c1-5-7-16-15-12-13(21(2,3)20(22)23)10-11-14(15)19-17(24-4)8-6-9-18(19)25-16/h5-6,8-12,16H,1,7H2,2-4H3,(H2,22,23). The van der Waals surface area contributed by atoms with Gasteiger partial charge in [0.15, 0.2) is 0 Å². The molecule has 0 aromatic heterocycles. The summed E-state index contributed by atoms with van der Waals surface area (Å²) in [5.74, 6) is 1.20. The quantitative estimate of drug-likeness (QED) is 0.834. The molecule has 0 saturated heterocycles. The van der Waals surface area contributed by atoms with Gasteiger partial charge in [0.05, 0.1) is 18.1 Å². The molecular weight excluding hydrogens is 314 g/mol. The van der Waals surface area contributed by atoms with Crippen molar-refractivity contribution in [2.24, 2.45) is 5.73 Å². The highest BCUT2D eigenvalue weighted by Crippen LogP contribution is 2.48. The van der Waals surface area contributed by atoms with Crippen molar-refractivity contribution in [3.05, 3.63) is 60.2 Å². The molecule has 0 saturated carbocycles. The largest absolute Gasteiger partial charge is 0.496 e. The van der Waals surface area contributed by atoms with E-state index < -0.39 is 5.41 Å². The highest BCUT2D eigenvalue weighted by Gasteiger charge is 2.32. The number of carbonyl (C=O) groups excluding carboxylic acids is 1. The Bertz CT molecular complexity index is 839. The zero-order valence-electron chi connectivity index (χ0n) is 14.8. The Hall–Kier alpha value is -2.75. The molecule has 1 atom stereocenters. The number of primary amides is 1. The first-order valence-electron chi connectivity index (χ1n) is 8.29. The number of fused-ring (bicyclic) bond motifs is 3. The van der Waals surface area contributed by atoms with Crippen LogP contribution in [-0.2, 0) is 10.2 Å². The van der Waals surface area contributed by atoms with E-state index >= 15 is 0 Å². The first-order valence-corrected chi connectivity index (χ1v) is 8.29. The Morgan fingerprint density at radius 2 is 2.12 bits per heavy atom. The summed E-state index contributed by atoms with van der Waals surface area (Å²) in [5.41, 5.74) is 8.70. The molecule has 2 N–H and O–H groups in total. The van der Waals surface area contributed by atoms with Gasteiger partial charge >= 0.3 is 0 Å². The van der Waals surface area contributed by atoms with Crippen LogP contribution in [0.1, 0.15) is 37.5 Å². The molecule has 1 heterocycles. The lowest BCUT2D eigenvalue weighted by Gasteiger charge is -2.31. The van der Waals surface area contributed by atoms with Crippen molar-refractivity contribution >= 4 is 5.91 Å². The number of nitrogens with two attached hydrogens (primary N) is 1. The molecule has 0 spiro atoms. The van der Waals surface area contributed by atoms with Crippen molar-refractivity contribution < 1.29 is 14.3 Å². The number of ether oxygens (including phenoxy) is 2. The van der Waals surface area contributed by atoms with Gasteiger partial charge < -0.3 is 15.2 Å². The van der Waals surface area contributed by atoms with Gasteiger partial charge in [-0.1, -0.05) is 30.3 Å². The van der Waals surface area contributed by atoms with Crippen molar-refractivity contribution in [1.82, 2.24) is 0 Å². The van der Waals surface area contributed by atoms with E-state index in [-0.39, 0.29) is 12.0 Å². The number of carbonyl (C=O) groups is 1. The van der Waals surface area contributed by atoms with Gasteiger partial charge in [-0.05, 0) is 37.1 Å². The average molecular weight is 337 g/mol. The van der Waals surface area contributed by atoms with Crippen LogP contribution in [0.3, 0.4) is 0 Å². The molecule has 1 aliphatic rings. The van der Waals surface area contributed by atoms with Crippen LogP contribution < -0.4 is 15.2 Å². The molecule has 130 valence electrons. The van der Waals surface area contributed by atoms with Crippen LogP contribution in [0.25, 0.3) is 11.1 Å². The van der Waals surface area contributed by atoms with Gasteiger partial charge in [-0.2, -0.15) is 0 Å². The smallest absolute Gasteiger partial charge is 0.227 e. The lowest BCUT2D eigenvalue weighted by Crippen LogP contribution is -2.35. The van der Waals surface area contributed by atoms with Gasteiger partial charge in [-0.25, -0.2) is 0 Å². The van der Waals surface area contributed by atoms with Gasteiger partial charge in [-0.15, -0.1) is 6.58 Å². The molecule has 3 rings (SSSR count). The van der Waals surface area contributed by atoms with E-state index in [4.69, 9.17) is 15.2 Å². The first-order chi connectivity index (χ1) is 11.9. The van der Waals surface area contributed by atoms with Gasteiger partial charge in [-0.3, -0.25) is 4.79 Å². The minimum Gasteiger partial charge on any atom is -0.496 e. The second kappa shape index (κ2) is 6.28. The second-order valence-corrected chi connectivity index (χ2v) is 6.76. The normalized spacial score (nSPS) is 15.6. The van der Waals surface area contributed by atoms with Crippen molar-refractivity contribution in [2.45, 2.75) is 31.8 Å².